The van der Waals surface area contributed by atoms with Crippen LogP contribution < -0.4 is 5.32 Å². The van der Waals surface area contributed by atoms with Crippen LogP contribution in [0.1, 0.15) is 20.8 Å². The van der Waals surface area contributed by atoms with Crippen molar-refractivity contribution in [2.24, 2.45) is 0 Å². The number of amides is 1. The average molecular weight is 306 g/mol. The van der Waals surface area contributed by atoms with Crippen molar-refractivity contribution in [2.45, 2.75) is 26.4 Å². The van der Waals surface area contributed by atoms with Gasteiger partial charge in [-0.2, -0.15) is 0 Å². The van der Waals surface area contributed by atoms with Crippen molar-refractivity contribution >= 4 is 23.4 Å². The number of aromatic nitrogens is 2. The summed E-state index contributed by atoms with van der Waals surface area (Å²) in [5, 5.41) is 3.11. The molecule has 0 saturated heterocycles. The van der Waals surface area contributed by atoms with Crippen LogP contribution in [0.5, 0.6) is 0 Å². The molecule has 2 aromatic rings. The van der Waals surface area contributed by atoms with Gasteiger partial charge < -0.3 is 4.74 Å². The van der Waals surface area contributed by atoms with E-state index in [0.29, 0.717) is 16.4 Å². The Morgan fingerprint density at radius 1 is 1.29 bits per heavy atom. The minimum Gasteiger partial charge on any atom is -0.444 e. The standard InChI is InChI=1S/C15H16ClN3O2/c1-15(2,3)21-14(20)19-10-4-5-11(12(16)8-10)13-9-17-6-7-18-13/h4-9H,1-3H3,(H,19,20). The van der Waals surface area contributed by atoms with E-state index >= 15 is 0 Å². The summed E-state index contributed by atoms with van der Waals surface area (Å²) in [4.78, 5) is 19.9. The Morgan fingerprint density at radius 3 is 2.62 bits per heavy atom. The molecule has 1 aromatic carbocycles. The second kappa shape index (κ2) is 6.10. The number of hydrogen-bond acceptors (Lipinski definition) is 4. The van der Waals surface area contributed by atoms with Gasteiger partial charge in [-0.05, 0) is 39.0 Å². The second-order valence-electron chi connectivity index (χ2n) is 5.41. The predicted octanol–water partition coefficient (Wildman–Crippen LogP) is 4.14. The number of benzene rings is 1. The van der Waals surface area contributed by atoms with Crippen molar-refractivity contribution in [1.82, 2.24) is 9.97 Å². The number of carbonyl (C=O) groups excluding carboxylic acids is 1. The Balaban J connectivity index is 2.15. The molecular formula is C15H16ClN3O2. The lowest BCUT2D eigenvalue weighted by Gasteiger charge is -2.19. The lowest BCUT2D eigenvalue weighted by Crippen LogP contribution is -2.27. The molecule has 0 spiro atoms. The smallest absolute Gasteiger partial charge is 0.412 e. The zero-order valence-electron chi connectivity index (χ0n) is 12.1. The van der Waals surface area contributed by atoms with Crippen LogP contribution in [0, 0.1) is 0 Å². The molecule has 110 valence electrons. The summed E-state index contributed by atoms with van der Waals surface area (Å²) in [6.45, 7) is 5.41. The topological polar surface area (TPSA) is 64.1 Å². The van der Waals surface area contributed by atoms with Crippen LogP contribution in [0.3, 0.4) is 0 Å². The van der Waals surface area contributed by atoms with E-state index in [-0.39, 0.29) is 0 Å². The van der Waals surface area contributed by atoms with E-state index in [4.69, 9.17) is 16.3 Å². The molecule has 1 amide bonds. The van der Waals surface area contributed by atoms with E-state index in [0.717, 1.165) is 5.56 Å². The molecule has 1 heterocycles. The highest BCUT2D eigenvalue weighted by Gasteiger charge is 2.16. The number of rotatable bonds is 2. The Kier molecular flexibility index (Phi) is 4.43. The molecule has 0 fully saturated rings. The van der Waals surface area contributed by atoms with Crippen molar-refractivity contribution in [1.29, 1.82) is 0 Å². The Bertz CT molecular complexity index is 639. The quantitative estimate of drug-likeness (QED) is 0.905. The maximum atomic E-state index is 11.7. The third kappa shape index (κ3) is 4.43. The van der Waals surface area contributed by atoms with E-state index in [9.17, 15) is 4.79 Å². The molecule has 0 atom stereocenters. The molecule has 1 N–H and O–H groups in total. The van der Waals surface area contributed by atoms with Gasteiger partial charge in [0.05, 0.1) is 16.9 Å². The van der Waals surface area contributed by atoms with Crippen LogP contribution in [-0.4, -0.2) is 21.7 Å². The van der Waals surface area contributed by atoms with Crippen LogP contribution in [0.2, 0.25) is 5.02 Å². The van der Waals surface area contributed by atoms with E-state index in [1.54, 1.807) is 57.6 Å². The summed E-state index contributed by atoms with van der Waals surface area (Å²) in [6, 6.07) is 5.16. The number of hydrogen-bond donors (Lipinski definition) is 1. The predicted molar refractivity (Wildman–Crippen MR) is 82.3 cm³/mol. The minimum absolute atomic E-state index is 0.476. The van der Waals surface area contributed by atoms with Crippen LogP contribution in [0.4, 0.5) is 10.5 Å². The van der Waals surface area contributed by atoms with E-state index in [1.807, 2.05) is 0 Å². The second-order valence-corrected chi connectivity index (χ2v) is 5.82. The monoisotopic (exact) mass is 305 g/mol. The van der Waals surface area contributed by atoms with Gasteiger partial charge in [-0.3, -0.25) is 15.3 Å². The zero-order chi connectivity index (χ0) is 15.5. The first-order chi connectivity index (χ1) is 9.85. The maximum absolute atomic E-state index is 11.7. The third-order valence-electron chi connectivity index (χ3n) is 2.45. The molecule has 0 aliphatic heterocycles. The summed E-state index contributed by atoms with van der Waals surface area (Å²) in [6.07, 6.45) is 4.29. The third-order valence-corrected chi connectivity index (χ3v) is 2.77. The summed E-state index contributed by atoms with van der Waals surface area (Å²) in [7, 11) is 0. The van der Waals surface area contributed by atoms with Gasteiger partial charge in [0.1, 0.15) is 5.60 Å². The van der Waals surface area contributed by atoms with Gasteiger partial charge in [0.15, 0.2) is 0 Å². The molecule has 0 saturated carbocycles. The summed E-state index contributed by atoms with van der Waals surface area (Å²) in [5.41, 5.74) is 1.43. The van der Waals surface area contributed by atoms with E-state index in [1.165, 1.54) is 0 Å². The van der Waals surface area contributed by atoms with Crippen molar-refractivity contribution in [2.75, 3.05) is 5.32 Å². The zero-order valence-corrected chi connectivity index (χ0v) is 12.8. The fourth-order valence-electron chi connectivity index (χ4n) is 1.66. The summed E-state index contributed by atoms with van der Waals surface area (Å²) in [5.74, 6) is 0. The number of halogens is 1. The lowest BCUT2D eigenvalue weighted by molar-refractivity contribution is 0.0636. The molecule has 0 aliphatic rings. The first-order valence-corrected chi connectivity index (χ1v) is 6.79. The highest BCUT2D eigenvalue weighted by Crippen LogP contribution is 2.28. The highest BCUT2D eigenvalue weighted by molar-refractivity contribution is 6.33. The fraction of sp³-hybridized carbons (Fsp3) is 0.267. The van der Waals surface area contributed by atoms with E-state index in [2.05, 4.69) is 15.3 Å². The van der Waals surface area contributed by atoms with Gasteiger partial charge in [-0.25, -0.2) is 4.79 Å². The van der Waals surface area contributed by atoms with Gasteiger partial charge in [-0.1, -0.05) is 11.6 Å². The summed E-state index contributed by atoms with van der Waals surface area (Å²) < 4.78 is 5.18. The van der Waals surface area contributed by atoms with E-state index < -0.39 is 11.7 Å². The SMILES string of the molecule is CC(C)(C)OC(=O)Nc1ccc(-c2cnccn2)c(Cl)c1. The van der Waals surface area contributed by atoms with Gasteiger partial charge in [-0.15, -0.1) is 0 Å². The Labute approximate surface area is 128 Å². The highest BCUT2D eigenvalue weighted by atomic mass is 35.5. The van der Waals surface area contributed by atoms with Crippen molar-refractivity contribution in [3.8, 4) is 11.3 Å². The van der Waals surface area contributed by atoms with Crippen LogP contribution >= 0.6 is 11.6 Å². The van der Waals surface area contributed by atoms with Gasteiger partial charge in [0, 0.05) is 23.6 Å². The molecule has 0 aliphatic carbocycles. The number of anilines is 1. The van der Waals surface area contributed by atoms with Gasteiger partial charge in [0.25, 0.3) is 0 Å². The first kappa shape index (κ1) is 15.3. The minimum atomic E-state index is -0.548. The Hall–Kier alpha value is -2.14. The molecule has 5 nitrogen and oxygen atoms in total. The van der Waals surface area contributed by atoms with Gasteiger partial charge in [0.2, 0.25) is 0 Å². The van der Waals surface area contributed by atoms with Crippen LogP contribution in [-0.2, 0) is 4.74 Å². The maximum Gasteiger partial charge on any atom is 0.412 e. The first-order valence-electron chi connectivity index (χ1n) is 6.41. The fourth-order valence-corrected chi connectivity index (χ4v) is 1.94. The Morgan fingerprint density at radius 2 is 2.05 bits per heavy atom. The van der Waals surface area contributed by atoms with Crippen LogP contribution in [0.15, 0.2) is 36.8 Å². The molecule has 0 radical (unpaired) electrons. The number of ether oxygens (including phenoxy) is 1. The van der Waals surface area contributed by atoms with Crippen molar-refractivity contribution < 1.29 is 9.53 Å². The van der Waals surface area contributed by atoms with Gasteiger partial charge >= 0.3 is 6.09 Å². The van der Waals surface area contributed by atoms with Crippen molar-refractivity contribution in [3.05, 3.63) is 41.8 Å². The average Bonchev–Trinajstić information content (AvgIpc) is 2.37. The molecule has 6 heteroatoms. The van der Waals surface area contributed by atoms with Crippen molar-refractivity contribution in [3.63, 3.8) is 0 Å². The number of carbonyl (C=O) groups is 1. The number of nitrogens with zero attached hydrogens (tertiary/aromatic N) is 2. The molecular weight excluding hydrogens is 290 g/mol. The molecule has 21 heavy (non-hydrogen) atoms. The lowest BCUT2D eigenvalue weighted by atomic mass is 10.1. The summed E-state index contributed by atoms with van der Waals surface area (Å²) >= 11 is 6.22. The molecule has 1 aromatic heterocycles. The van der Waals surface area contributed by atoms with Crippen LogP contribution in [0.25, 0.3) is 11.3 Å². The largest absolute Gasteiger partial charge is 0.444 e. The normalized spacial score (nSPS) is 11.0. The number of nitrogens with one attached hydrogen (secondary N) is 1. The molecule has 0 unspecified atom stereocenters. The molecule has 2 rings (SSSR count). The molecule has 0 bridgehead atoms.